The van der Waals surface area contributed by atoms with Crippen LogP contribution in [0.4, 0.5) is 0 Å². The van der Waals surface area contributed by atoms with Gasteiger partial charge in [-0.15, -0.1) is 0 Å². The van der Waals surface area contributed by atoms with E-state index in [1.165, 1.54) is 0 Å². The Labute approximate surface area is 73.5 Å². The number of aliphatic hydroxyl groups excluding tert-OH is 1. The molecule has 2 nitrogen and oxygen atoms in total. The Morgan fingerprint density at radius 1 is 1.75 bits per heavy atom. The van der Waals surface area contributed by atoms with Gasteiger partial charge in [0.2, 0.25) is 0 Å². The largest absolute Gasteiger partial charge is 0.386 e. The average Bonchev–Trinajstić information content (AvgIpc) is 2.05. The van der Waals surface area contributed by atoms with Gasteiger partial charge in [0.05, 0.1) is 6.61 Å². The van der Waals surface area contributed by atoms with Gasteiger partial charge in [-0.25, -0.2) is 0 Å². The van der Waals surface area contributed by atoms with E-state index in [1.54, 1.807) is 7.11 Å². The fraction of sp³-hybridized carbons (Fsp3) is 0.600. The molecule has 1 aliphatic carbocycles. The number of rotatable bonds is 3. The Kier molecular flexibility index (Phi) is 3.50. The lowest BCUT2D eigenvalue weighted by molar-refractivity contribution is 0.0879. The summed E-state index contributed by atoms with van der Waals surface area (Å²) in [6, 6.07) is 0. The van der Waals surface area contributed by atoms with Gasteiger partial charge in [0, 0.05) is 7.11 Å². The SMILES string of the molecule is COCC(O)C1=CC(C)CC=C1. The van der Waals surface area contributed by atoms with Crippen molar-refractivity contribution in [2.75, 3.05) is 13.7 Å². The van der Waals surface area contributed by atoms with Crippen molar-refractivity contribution in [3.05, 3.63) is 23.8 Å². The number of hydrogen-bond acceptors (Lipinski definition) is 2. The van der Waals surface area contributed by atoms with Crippen molar-refractivity contribution < 1.29 is 9.84 Å². The standard InChI is InChI=1S/C10H16O2/c1-8-4-3-5-9(6-8)10(11)7-12-2/h3,5-6,8,10-11H,4,7H2,1-2H3. The number of ether oxygens (including phenoxy) is 1. The zero-order chi connectivity index (χ0) is 8.97. The van der Waals surface area contributed by atoms with Gasteiger partial charge < -0.3 is 9.84 Å². The molecular formula is C10H16O2. The zero-order valence-electron chi connectivity index (χ0n) is 7.66. The molecule has 0 fully saturated rings. The van der Waals surface area contributed by atoms with E-state index >= 15 is 0 Å². The molecule has 12 heavy (non-hydrogen) atoms. The van der Waals surface area contributed by atoms with E-state index in [4.69, 9.17) is 4.74 Å². The summed E-state index contributed by atoms with van der Waals surface area (Å²) in [7, 11) is 1.60. The molecule has 0 bridgehead atoms. The molecule has 0 spiro atoms. The Hall–Kier alpha value is -0.600. The monoisotopic (exact) mass is 168 g/mol. The van der Waals surface area contributed by atoms with Crippen molar-refractivity contribution in [2.45, 2.75) is 19.4 Å². The Morgan fingerprint density at radius 3 is 3.08 bits per heavy atom. The first-order chi connectivity index (χ1) is 5.74. The molecule has 1 rings (SSSR count). The second-order valence-electron chi connectivity index (χ2n) is 3.25. The van der Waals surface area contributed by atoms with Gasteiger partial charge in [-0.1, -0.05) is 25.2 Å². The van der Waals surface area contributed by atoms with Crippen LogP contribution in [0.5, 0.6) is 0 Å². The Balaban J connectivity index is 2.55. The molecule has 0 aliphatic heterocycles. The Bertz CT molecular complexity index is 194. The number of methoxy groups -OCH3 is 1. The molecule has 0 aromatic carbocycles. The highest BCUT2D eigenvalue weighted by Gasteiger charge is 2.11. The summed E-state index contributed by atoms with van der Waals surface area (Å²) in [5.41, 5.74) is 0.982. The van der Waals surface area contributed by atoms with E-state index in [2.05, 4.69) is 19.1 Å². The Morgan fingerprint density at radius 2 is 2.50 bits per heavy atom. The van der Waals surface area contributed by atoms with Crippen LogP contribution in [0.2, 0.25) is 0 Å². The van der Waals surface area contributed by atoms with Crippen LogP contribution in [0, 0.1) is 5.92 Å². The van der Waals surface area contributed by atoms with Crippen molar-refractivity contribution in [3.63, 3.8) is 0 Å². The third-order valence-corrected chi connectivity index (χ3v) is 2.00. The highest BCUT2D eigenvalue weighted by molar-refractivity contribution is 5.27. The normalized spacial score (nSPS) is 25.2. The summed E-state index contributed by atoms with van der Waals surface area (Å²) in [6.07, 6.45) is 6.78. The van der Waals surface area contributed by atoms with Gasteiger partial charge in [0.1, 0.15) is 6.10 Å². The summed E-state index contributed by atoms with van der Waals surface area (Å²) in [5, 5.41) is 9.55. The van der Waals surface area contributed by atoms with Gasteiger partial charge in [0.25, 0.3) is 0 Å². The second kappa shape index (κ2) is 4.43. The maximum absolute atomic E-state index is 9.55. The molecule has 2 heteroatoms. The van der Waals surface area contributed by atoms with Gasteiger partial charge in [-0.05, 0) is 17.9 Å². The number of aliphatic hydroxyl groups is 1. The fourth-order valence-electron chi connectivity index (χ4n) is 1.35. The summed E-state index contributed by atoms with van der Waals surface area (Å²) >= 11 is 0. The minimum Gasteiger partial charge on any atom is -0.386 e. The molecule has 1 N–H and O–H groups in total. The third kappa shape index (κ3) is 2.47. The van der Waals surface area contributed by atoms with Crippen molar-refractivity contribution in [1.82, 2.24) is 0 Å². The molecule has 0 saturated carbocycles. The molecule has 0 saturated heterocycles. The van der Waals surface area contributed by atoms with Gasteiger partial charge >= 0.3 is 0 Å². The van der Waals surface area contributed by atoms with Crippen LogP contribution in [0.3, 0.4) is 0 Å². The van der Waals surface area contributed by atoms with E-state index < -0.39 is 6.10 Å². The molecule has 2 unspecified atom stereocenters. The fourth-order valence-corrected chi connectivity index (χ4v) is 1.35. The van der Waals surface area contributed by atoms with Crippen molar-refractivity contribution in [1.29, 1.82) is 0 Å². The lowest BCUT2D eigenvalue weighted by Crippen LogP contribution is -2.17. The zero-order valence-corrected chi connectivity index (χ0v) is 7.66. The van der Waals surface area contributed by atoms with E-state index in [1.807, 2.05) is 6.08 Å². The van der Waals surface area contributed by atoms with E-state index in [9.17, 15) is 5.11 Å². The molecule has 0 amide bonds. The van der Waals surface area contributed by atoms with Crippen LogP contribution in [-0.2, 0) is 4.74 Å². The van der Waals surface area contributed by atoms with Crippen LogP contribution in [-0.4, -0.2) is 24.9 Å². The quantitative estimate of drug-likeness (QED) is 0.692. The summed E-state index contributed by atoms with van der Waals surface area (Å²) in [6.45, 7) is 2.52. The van der Waals surface area contributed by atoms with Gasteiger partial charge in [0.15, 0.2) is 0 Å². The number of hydrogen-bond donors (Lipinski definition) is 1. The molecule has 0 aromatic heterocycles. The molecule has 0 heterocycles. The van der Waals surface area contributed by atoms with Crippen LogP contribution < -0.4 is 0 Å². The van der Waals surface area contributed by atoms with Crippen molar-refractivity contribution in [2.24, 2.45) is 5.92 Å². The summed E-state index contributed by atoms with van der Waals surface area (Å²) in [4.78, 5) is 0. The van der Waals surface area contributed by atoms with Crippen LogP contribution in [0.15, 0.2) is 23.8 Å². The summed E-state index contributed by atoms with van der Waals surface area (Å²) < 4.78 is 4.87. The third-order valence-electron chi connectivity index (χ3n) is 2.00. The maximum Gasteiger partial charge on any atom is 0.102 e. The molecule has 2 atom stereocenters. The van der Waals surface area contributed by atoms with Gasteiger partial charge in [-0.2, -0.15) is 0 Å². The summed E-state index contributed by atoms with van der Waals surface area (Å²) in [5.74, 6) is 0.538. The molecular weight excluding hydrogens is 152 g/mol. The van der Waals surface area contributed by atoms with Crippen LogP contribution in [0.25, 0.3) is 0 Å². The van der Waals surface area contributed by atoms with Gasteiger partial charge in [-0.3, -0.25) is 0 Å². The highest BCUT2D eigenvalue weighted by atomic mass is 16.5. The highest BCUT2D eigenvalue weighted by Crippen LogP contribution is 2.18. The lowest BCUT2D eigenvalue weighted by Gasteiger charge is -2.16. The first-order valence-electron chi connectivity index (χ1n) is 4.29. The first kappa shape index (κ1) is 9.49. The minimum atomic E-state index is -0.464. The lowest BCUT2D eigenvalue weighted by atomic mass is 9.95. The van der Waals surface area contributed by atoms with E-state index in [0.717, 1.165) is 12.0 Å². The van der Waals surface area contributed by atoms with E-state index in [0.29, 0.717) is 12.5 Å². The number of allylic oxidation sites excluding steroid dienone is 2. The average molecular weight is 168 g/mol. The predicted molar refractivity (Wildman–Crippen MR) is 48.9 cm³/mol. The van der Waals surface area contributed by atoms with Crippen LogP contribution >= 0.6 is 0 Å². The minimum absolute atomic E-state index is 0.378. The topological polar surface area (TPSA) is 29.5 Å². The molecule has 68 valence electrons. The van der Waals surface area contributed by atoms with Crippen molar-refractivity contribution in [3.8, 4) is 0 Å². The molecule has 0 aromatic rings. The molecule has 1 aliphatic rings. The second-order valence-corrected chi connectivity index (χ2v) is 3.25. The smallest absolute Gasteiger partial charge is 0.102 e. The maximum atomic E-state index is 9.55. The van der Waals surface area contributed by atoms with Crippen LogP contribution in [0.1, 0.15) is 13.3 Å². The first-order valence-corrected chi connectivity index (χ1v) is 4.29. The van der Waals surface area contributed by atoms with Crippen molar-refractivity contribution >= 4 is 0 Å². The molecule has 0 radical (unpaired) electrons. The predicted octanol–water partition coefficient (Wildman–Crippen LogP) is 1.52. The van der Waals surface area contributed by atoms with E-state index in [-0.39, 0.29) is 0 Å².